The quantitative estimate of drug-likeness (QED) is 0.597. The molecule has 3 heterocycles. The molecular weight excluding hydrogens is 284 g/mol. The van der Waals surface area contributed by atoms with Crippen LogP contribution in [0.2, 0.25) is 0 Å². The largest absolute Gasteiger partial charge is 0.469 e. The fourth-order valence-corrected chi connectivity index (χ4v) is 4.32. The molecule has 3 aliphatic rings. The maximum absolute atomic E-state index is 11.9. The third kappa shape index (κ3) is 2.59. The Morgan fingerprint density at radius 3 is 2.59 bits per heavy atom. The Morgan fingerprint density at radius 1 is 1.27 bits per heavy atom. The Kier molecular flexibility index (Phi) is 4.57. The summed E-state index contributed by atoms with van der Waals surface area (Å²) in [5, 5.41) is 10.1. The van der Waals surface area contributed by atoms with Gasteiger partial charge in [-0.3, -0.25) is 4.79 Å². The first-order valence-corrected chi connectivity index (χ1v) is 8.32. The topological polar surface area (TPSA) is 65.0 Å². The highest BCUT2D eigenvalue weighted by atomic mass is 16.6. The smallest absolute Gasteiger partial charge is 0.311 e. The van der Waals surface area contributed by atoms with Crippen LogP contribution in [0.15, 0.2) is 12.2 Å². The lowest BCUT2D eigenvalue weighted by atomic mass is 9.75. The van der Waals surface area contributed by atoms with E-state index in [0.717, 1.165) is 12.8 Å². The highest BCUT2D eigenvalue weighted by Crippen LogP contribution is 2.51. The number of aliphatic hydroxyl groups excluding tert-OH is 1. The van der Waals surface area contributed by atoms with Crippen molar-refractivity contribution in [2.75, 3.05) is 7.11 Å². The zero-order chi connectivity index (χ0) is 15.9. The van der Waals surface area contributed by atoms with Crippen LogP contribution in [0.3, 0.4) is 0 Å². The van der Waals surface area contributed by atoms with Crippen molar-refractivity contribution < 1.29 is 24.1 Å². The summed E-state index contributed by atoms with van der Waals surface area (Å²) in [4.78, 5) is 11.9. The fraction of sp³-hybridized carbons (Fsp3) is 0.824. The molecule has 3 aliphatic heterocycles. The van der Waals surface area contributed by atoms with Gasteiger partial charge >= 0.3 is 5.97 Å². The molecule has 0 aliphatic carbocycles. The van der Waals surface area contributed by atoms with Gasteiger partial charge in [0.15, 0.2) is 0 Å². The molecule has 0 aromatic carbocycles. The second-order valence-corrected chi connectivity index (χ2v) is 6.73. The van der Waals surface area contributed by atoms with Gasteiger partial charge in [-0.1, -0.05) is 25.5 Å². The molecule has 2 bridgehead atoms. The summed E-state index contributed by atoms with van der Waals surface area (Å²) >= 11 is 0. The van der Waals surface area contributed by atoms with Crippen LogP contribution in [0, 0.1) is 17.8 Å². The van der Waals surface area contributed by atoms with Gasteiger partial charge in [0.1, 0.15) is 0 Å². The van der Waals surface area contributed by atoms with E-state index in [2.05, 4.69) is 19.1 Å². The van der Waals surface area contributed by atoms with Crippen LogP contribution in [-0.4, -0.2) is 48.7 Å². The van der Waals surface area contributed by atoms with Crippen LogP contribution in [0.1, 0.15) is 33.1 Å². The van der Waals surface area contributed by atoms with Crippen LogP contribution in [-0.2, 0) is 19.0 Å². The molecule has 0 spiro atoms. The molecule has 2 fully saturated rings. The summed E-state index contributed by atoms with van der Waals surface area (Å²) in [5.74, 6) is -0.144. The second kappa shape index (κ2) is 6.30. The molecule has 1 N–H and O–H groups in total. The zero-order valence-electron chi connectivity index (χ0n) is 13.5. The number of ether oxygens (including phenoxy) is 3. The van der Waals surface area contributed by atoms with E-state index in [1.807, 2.05) is 6.92 Å². The number of carbonyl (C=O) groups excluding carboxylic acids is 1. The number of hydrogen-bond acceptors (Lipinski definition) is 5. The minimum absolute atomic E-state index is 0.0282. The van der Waals surface area contributed by atoms with Crippen molar-refractivity contribution in [3.05, 3.63) is 12.2 Å². The van der Waals surface area contributed by atoms with Crippen LogP contribution in [0.25, 0.3) is 0 Å². The number of esters is 1. The van der Waals surface area contributed by atoms with Crippen LogP contribution in [0.5, 0.6) is 0 Å². The van der Waals surface area contributed by atoms with Gasteiger partial charge in [0.2, 0.25) is 0 Å². The van der Waals surface area contributed by atoms with E-state index < -0.39 is 0 Å². The first-order chi connectivity index (χ1) is 10.6. The monoisotopic (exact) mass is 310 g/mol. The van der Waals surface area contributed by atoms with Crippen LogP contribution >= 0.6 is 0 Å². The molecule has 5 heteroatoms. The van der Waals surface area contributed by atoms with E-state index in [9.17, 15) is 9.90 Å². The van der Waals surface area contributed by atoms with Gasteiger partial charge in [-0.25, -0.2) is 0 Å². The first-order valence-electron chi connectivity index (χ1n) is 8.32. The van der Waals surface area contributed by atoms with E-state index >= 15 is 0 Å². The highest BCUT2D eigenvalue weighted by molar-refractivity contribution is 5.72. The number of carbonyl (C=O) groups is 1. The fourth-order valence-electron chi connectivity index (χ4n) is 4.32. The summed E-state index contributed by atoms with van der Waals surface area (Å²) in [6.07, 6.45) is 6.00. The van der Waals surface area contributed by atoms with Crippen molar-refractivity contribution in [2.45, 2.75) is 63.6 Å². The molecule has 22 heavy (non-hydrogen) atoms. The SMILES string of the molecule is CCC[C@H](O)C[C@H]1O[C@@H]([C@H](C)C(=O)OC)[C@H]2[C@@H]1[C@@H]1C=C[C@H]2O1. The second-order valence-electron chi connectivity index (χ2n) is 6.73. The summed E-state index contributed by atoms with van der Waals surface area (Å²) in [6.45, 7) is 3.92. The minimum Gasteiger partial charge on any atom is -0.469 e. The highest BCUT2D eigenvalue weighted by Gasteiger charge is 2.59. The number of hydrogen-bond donors (Lipinski definition) is 1. The van der Waals surface area contributed by atoms with Crippen molar-refractivity contribution in [1.29, 1.82) is 0 Å². The normalized spacial score (nSPS) is 41.5. The lowest BCUT2D eigenvalue weighted by molar-refractivity contribution is -0.152. The number of aliphatic hydroxyl groups is 1. The third-order valence-electron chi connectivity index (χ3n) is 5.34. The average Bonchev–Trinajstić information content (AvgIpc) is 3.18. The lowest BCUT2D eigenvalue weighted by Crippen LogP contribution is -2.36. The predicted molar refractivity (Wildman–Crippen MR) is 80.2 cm³/mol. The maximum atomic E-state index is 11.9. The maximum Gasteiger partial charge on any atom is 0.311 e. The summed E-state index contributed by atoms with van der Waals surface area (Å²) in [7, 11) is 1.41. The standard InChI is InChI=1S/C17H26O5/c1-4-5-10(18)8-13-14-11-6-7-12(21-11)15(14)16(22-13)9(2)17(19)20-3/h6-7,9-16,18H,4-5,8H2,1-3H3/t9-,10-,11-,12+,13+,14+,15+,16-/m0/s1. The molecule has 0 amide bonds. The number of rotatable bonds is 6. The van der Waals surface area contributed by atoms with E-state index in [-0.39, 0.29) is 54.2 Å². The molecule has 0 unspecified atom stereocenters. The van der Waals surface area contributed by atoms with Crippen molar-refractivity contribution in [2.24, 2.45) is 17.8 Å². The summed E-state index contributed by atoms with van der Waals surface area (Å²) in [5.41, 5.74) is 0. The lowest BCUT2D eigenvalue weighted by Gasteiger charge is -2.25. The third-order valence-corrected chi connectivity index (χ3v) is 5.34. The molecule has 0 radical (unpaired) electrons. The van der Waals surface area contributed by atoms with Crippen molar-refractivity contribution in [1.82, 2.24) is 0 Å². The molecule has 124 valence electrons. The van der Waals surface area contributed by atoms with Gasteiger partial charge in [0, 0.05) is 11.8 Å². The van der Waals surface area contributed by atoms with Crippen molar-refractivity contribution in [3.8, 4) is 0 Å². The van der Waals surface area contributed by atoms with Crippen molar-refractivity contribution >= 4 is 5.97 Å². The molecule has 0 saturated carbocycles. The Balaban J connectivity index is 1.76. The zero-order valence-corrected chi connectivity index (χ0v) is 13.5. The van der Waals surface area contributed by atoms with Gasteiger partial charge in [-0.05, 0) is 19.8 Å². The Morgan fingerprint density at radius 2 is 1.95 bits per heavy atom. The minimum atomic E-state index is -0.356. The molecule has 3 rings (SSSR count). The van der Waals surface area contributed by atoms with Gasteiger partial charge in [0.25, 0.3) is 0 Å². The van der Waals surface area contributed by atoms with E-state index in [0.29, 0.717) is 6.42 Å². The Labute approximate surface area is 131 Å². The van der Waals surface area contributed by atoms with Crippen molar-refractivity contribution in [3.63, 3.8) is 0 Å². The van der Waals surface area contributed by atoms with Gasteiger partial charge < -0.3 is 19.3 Å². The molecule has 2 saturated heterocycles. The van der Waals surface area contributed by atoms with E-state index in [1.165, 1.54) is 7.11 Å². The molecule has 8 atom stereocenters. The molecule has 0 aromatic rings. The van der Waals surface area contributed by atoms with Gasteiger partial charge in [-0.15, -0.1) is 0 Å². The predicted octanol–water partition coefficient (Wildman–Crippen LogP) is 1.68. The number of fused-ring (bicyclic) bond motifs is 5. The Hall–Kier alpha value is -0.910. The van der Waals surface area contributed by atoms with Crippen LogP contribution < -0.4 is 0 Å². The number of methoxy groups -OCH3 is 1. The van der Waals surface area contributed by atoms with Gasteiger partial charge in [0.05, 0.1) is 43.5 Å². The average molecular weight is 310 g/mol. The molecular formula is C17H26O5. The first kappa shape index (κ1) is 16.0. The summed E-state index contributed by atoms with van der Waals surface area (Å²) < 4.78 is 17.1. The summed E-state index contributed by atoms with van der Waals surface area (Å²) in [6, 6.07) is 0. The van der Waals surface area contributed by atoms with E-state index in [1.54, 1.807) is 0 Å². The van der Waals surface area contributed by atoms with Gasteiger partial charge in [-0.2, -0.15) is 0 Å². The Bertz CT molecular complexity index is 448. The molecule has 0 aromatic heterocycles. The van der Waals surface area contributed by atoms with Crippen LogP contribution in [0.4, 0.5) is 0 Å². The van der Waals surface area contributed by atoms with E-state index in [4.69, 9.17) is 14.2 Å². The molecule has 5 nitrogen and oxygen atoms in total.